The van der Waals surface area contributed by atoms with Crippen LogP contribution in [0.15, 0.2) is 59.4 Å². The molecule has 7 nitrogen and oxygen atoms in total. The van der Waals surface area contributed by atoms with Crippen molar-refractivity contribution in [2.24, 2.45) is 0 Å². The summed E-state index contributed by atoms with van der Waals surface area (Å²) >= 11 is 0. The summed E-state index contributed by atoms with van der Waals surface area (Å²) in [5.74, 6) is 0.700. The van der Waals surface area contributed by atoms with Crippen molar-refractivity contribution in [3.8, 4) is 22.6 Å². The van der Waals surface area contributed by atoms with Gasteiger partial charge < -0.3 is 15.8 Å². The van der Waals surface area contributed by atoms with E-state index in [-0.39, 0.29) is 18.7 Å². The van der Waals surface area contributed by atoms with E-state index in [1.807, 2.05) is 36.4 Å². The van der Waals surface area contributed by atoms with Gasteiger partial charge in [0.2, 0.25) is 0 Å². The Morgan fingerprint density at radius 3 is 2.58 bits per heavy atom. The van der Waals surface area contributed by atoms with Crippen molar-refractivity contribution in [3.63, 3.8) is 0 Å². The second kappa shape index (κ2) is 6.45. The Labute approximate surface area is 148 Å². The molecule has 7 heteroatoms. The minimum Gasteiger partial charge on any atom is -0.394 e. The lowest BCUT2D eigenvalue weighted by atomic mass is 10.1. The van der Waals surface area contributed by atoms with E-state index >= 15 is 0 Å². The quantitative estimate of drug-likeness (QED) is 0.523. The van der Waals surface area contributed by atoms with Crippen molar-refractivity contribution in [3.05, 3.63) is 65.0 Å². The van der Waals surface area contributed by atoms with E-state index in [0.717, 1.165) is 5.56 Å². The maximum atomic E-state index is 12.5. The number of fused-ring (bicyclic) bond motifs is 1. The molecule has 4 rings (SSSR count). The van der Waals surface area contributed by atoms with Gasteiger partial charge in [-0.15, -0.1) is 0 Å². The average Bonchev–Trinajstić information content (AvgIpc) is 2.99. The zero-order valence-corrected chi connectivity index (χ0v) is 13.9. The van der Waals surface area contributed by atoms with Crippen molar-refractivity contribution in [1.82, 2.24) is 19.7 Å². The first-order valence-corrected chi connectivity index (χ1v) is 8.21. The van der Waals surface area contributed by atoms with E-state index in [0.29, 0.717) is 33.8 Å². The van der Waals surface area contributed by atoms with Crippen molar-refractivity contribution in [2.45, 2.75) is 6.54 Å². The summed E-state index contributed by atoms with van der Waals surface area (Å²) in [7, 11) is 0. The number of nitrogens with two attached hydrogens (primary N) is 1. The molecule has 4 N–H and O–H groups in total. The number of H-pyrrole nitrogens is 1. The van der Waals surface area contributed by atoms with Gasteiger partial charge in [-0.1, -0.05) is 42.5 Å². The van der Waals surface area contributed by atoms with Crippen molar-refractivity contribution < 1.29 is 5.11 Å². The second-order valence-electron chi connectivity index (χ2n) is 5.85. The predicted octanol–water partition coefficient (Wildman–Crippen LogP) is 2.03. The fourth-order valence-electron chi connectivity index (χ4n) is 2.98. The van der Waals surface area contributed by atoms with Crippen LogP contribution in [0.25, 0.3) is 33.5 Å². The molecule has 130 valence electrons. The van der Waals surface area contributed by atoms with E-state index in [4.69, 9.17) is 5.73 Å². The summed E-state index contributed by atoms with van der Waals surface area (Å²) in [4.78, 5) is 19.8. The molecule has 0 saturated heterocycles. The lowest BCUT2D eigenvalue weighted by molar-refractivity contribution is 0.270. The van der Waals surface area contributed by atoms with Crippen LogP contribution in [0, 0.1) is 0 Å². The summed E-state index contributed by atoms with van der Waals surface area (Å²) in [6.07, 6.45) is 0. The van der Waals surface area contributed by atoms with Crippen LogP contribution < -0.4 is 11.3 Å². The number of hydrogen-bond acceptors (Lipinski definition) is 5. The number of aliphatic hydroxyl groups is 1. The normalized spacial score (nSPS) is 11.1. The zero-order chi connectivity index (χ0) is 18.1. The summed E-state index contributed by atoms with van der Waals surface area (Å²) in [5.41, 5.74) is 8.63. The number of nitrogens with zero attached hydrogens (tertiary/aromatic N) is 3. The Morgan fingerprint density at radius 2 is 1.81 bits per heavy atom. The van der Waals surface area contributed by atoms with Crippen LogP contribution in [-0.4, -0.2) is 31.5 Å². The smallest absolute Gasteiger partial charge is 0.259 e. The molecule has 0 radical (unpaired) electrons. The minimum atomic E-state index is -0.237. The van der Waals surface area contributed by atoms with E-state index in [1.54, 1.807) is 18.2 Å². The maximum Gasteiger partial charge on any atom is 0.259 e. The predicted molar refractivity (Wildman–Crippen MR) is 101 cm³/mol. The van der Waals surface area contributed by atoms with Gasteiger partial charge in [0.1, 0.15) is 17.3 Å². The highest BCUT2D eigenvalue weighted by Gasteiger charge is 2.21. The van der Waals surface area contributed by atoms with Crippen LogP contribution in [0.3, 0.4) is 0 Å². The second-order valence-corrected chi connectivity index (χ2v) is 5.85. The number of anilines is 1. The van der Waals surface area contributed by atoms with Crippen LogP contribution in [0.1, 0.15) is 0 Å². The molecule has 0 atom stereocenters. The molecule has 0 aliphatic heterocycles. The average molecular weight is 347 g/mol. The fraction of sp³-hybridized carbons (Fsp3) is 0.105. The molecule has 0 bridgehead atoms. The number of rotatable bonds is 4. The third kappa shape index (κ3) is 2.64. The molecule has 0 unspecified atom stereocenters. The number of aromatic amines is 1. The van der Waals surface area contributed by atoms with Crippen molar-refractivity contribution >= 4 is 16.7 Å². The summed E-state index contributed by atoms with van der Waals surface area (Å²) in [6.45, 7) is 0.157. The molecule has 0 fully saturated rings. The van der Waals surface area contributed by atoms with Gasteiger partial charge in [-0.25, -0.2) is 9.67 Å². The van der Waals surface area contributed by atoms with Gasteiger partial charge in [-0.3, -0.25) is 4.79 Å². The first kappa shape index (κ1) is 16.0. The fourth-order valence-corrected chi connectivity index (χ4v) is 2.98. The molecule has 2 heterocycles. The number of hydrogen-bond donors (Lipinski definition) is 3. The Balaban J connectivity index is 2.00. The molecular weight excluding hydrogens is 330 g/mol. The highest BCUT2D eigenvalue weighted by Crippen LogP contribution is 2.34. The first-order valence-electron chi connectivity index (χ1n) is 8.21. The Morgan fingerprint density at radius 1 is 1.08 bits per heavy atom. The summed E-state index contributed by atoms with van der Waals surface area (Å²) in [6, 6.07) is 16.7. The van der Waals surface area contributed by atoms with Gasteiger partial charge in [0.25, 0.3) is 5.56 Å². The van der Waals surface area contributed by atoms with E-state index in [1.165, 1.54) is 4.68 Å². The third-order valence-corrected chi connectivity index (χ3v) is 4.20. The monoisotopic (exact) mass is 347 g/mol. The Bertz CT molecular complexity index is 1130. The van der Waals surface area contributed by atoms with Gasteiger partial charge in [0.15, 0.2) is 0 Å². The van der Waals surface area contributed by atoms with Gasteiger partial charge in [0.05, 0.1) is 29.6 Å². The standard InChI is InChI=1S/C19H17N5O2/c20-17-15(18-21-14-9-5-4-8-13(14)19(26)22-18)16(23-24(17)10-11-25)12-6-2-1-3-7-12/h1-9,25H,10-11,20H2,(H,21,22,26). The first-order chi connectivity index (χ1) is 12.7. The number of aromatic nitrogens is 4. The number of nitrogens with one attached hydrogen (secondary N) is 1. The van der Waals surface area contributed by atoms with Crippen LogP contribution in [0.5, 0.6) is 0 Å². The molecule has 0 saturated carbocycles. The number of benzene rings is 2. The van der Waals surface area contributed by atoms with E-state index in [2.05, 4.69) is 15.1 Å². The van der Waals surface area contributed by atoms with Crippen LogP contribution in [0.4, 0.5) is 5.82 Å². The van der Waals surface area contributed by atoms with Gasteiger partial charge in [-0.2, -0.15) is 5.10 Å². The maximum absolute atomic E-state index is 12.5. The molecule has 2 aromatic carbocycles. The molecule has 26 heavy (non-hydrogen) atoms. The lowest BCUT2D eigenvalue weighted by Crippen LogP contribution is -2.11. The van der Waals surface area contributed by atoms with Gasteiger partial charge in [-0.05, 0) is 12.1 Å². The van der Waals surface area contributed by atoms with Crippen LogP contribution >= 0.6 is 0 Å². The van der Waals surface area contributed by atoms with Crippen LogP contribution in [0.2, 0.25) is 0 Å². The minimum absolute atomic E-state index is 0.0960. The molecular formula is C19H17N5O2. The highest BCUT2D eigenvalue weighted by atomic mass is 16.3. The lowest BCUT2D eigenvalue weighted by Gasteiger charge is -2.05. The topological polar surface area (TPSA) is 110 Å². The Hall–Kier alpha value is -3.45. The third-order valence-electron chi connectivity index (χ3n) is 4.20. The van der Waals surface area contributed by atoms with E-state index in [9.17, 15) is 9.90 Å². The zero-order valence-electron chi connectivity index (χ0n) is 13.9. The Kier molecular flexibility index (Phi) is 3.98. The van der Waals surface area contributed by atoms with Crippen LogP contribution in [-0.2, 0) is 6.54 Å². The highest BCUT2D eigenvalue weighted by molar-refractivity contribution is 5.87. The number of para-hydroxylation sites is 1. The SMILES string of the molecule is Nc1c(-c2nc3ccccc3c(=O)[nH]2)c(-c2ccccc2)nn1CCO. The number of nitrogen functional groups attached to an aromatic ring is 1. The van der Waals surface area contributed by atoms with Crippen molar-refractivity contribution in [2.75, 3.05) is 12.3 Å². The molecule has 2 aromatic heterocycles. The largest absolute Gasteiger partial charge is 0.394 e. The molecule has 4 aromatic rings. The molecule has 0 aliphatic rings. The summed E-state index contributed by atoms with van der Waals surface area (Å²) < 4.78 is 1.52. The van der Waals surface area contributed by atoms with Gasteiger partial charge >= 0.3 is 0 Å². The molecule has 0 spiro atoms. The number of aliphatic hydroxyl groups excluding tert-OH is 1. The summed E-state index contributed by atoms with van der Waals surface area (Å²) in [5, 5.41) is 14.3. The van der Waals surface area contributed by atoms with Gasteiger partial charge in [0, 0.05) is 5.56 Å². The van der Waals surface area contributed by atoms with Crippen molar-refractivity contribution in [1.29, 1.82) is 0 Å². The van der Waals surface area contributed by atoms with E-state index < -0.39 is 0 Å². The molecule has 0 amide bonds. The molecule has 0 aliphatic carbocycles.